The van der Waals surface area contributed by atoms with E-state index in [0.29, 0.717) is 18.8 Å². The molecule has 1 heterocycles. The lowest BCUT2D eigenvalue weighted by Crippen LogP contribution is -2.34. The number of rotatable bonds is 1. The van der Waals surface area contributed by atoms with Crippen LogP contribution in [-0.4, -0.2) is 32.0 Å². The Morgan fingerprint density at radius 1 is 1.17 bits per heavy atom. The van der Waals surface area contributed by atoms with Crippen molar-refractivity contribution in [3.8, 4) is 0 Å². The van der Waals surface area contributed by atoms with Crippen LogP contribution in [0, 0.1) is 0 Å². The van der Waals surface area contributed by atoms with Crippen LogP contribution in [0.4, 0.5) is 5.95 Å². The van der Waals surface area contributed by atoms with Gasteiger partial charge in [-0.05, 0) is 31.4 Å². The van der Waals surface area contributed by atoms with Gasteiger partial charge in [0.25, 0.3) is 0 Å². The van der Waals surface area contributed by atoms with Crippen molar-refractivity contribution in [3.05, 3.63) is 24.3 Å². The van der Waals surface area contributed by atoms with Gasteiger partial charge in [-0.25, -0.2) is 4.98 Å². The SMILES string of the molecule is Nc1nc2ccccc2n1[C@@H]1CC[C@H](O)[C@@H](O)C1. The second-order valence-electron chi connectivity index (χ2n) is 4.93. The molecule has 3 atom stereocenters. The largest absolute Gasteiger partial charge is 0.390 e. The number of imidazole rings is 1. The van der Waals surface area contributed by atoms with Crippen molar-refractivity contribution in [3.63, 3.8) is 0 Å². The highest BCUT2D eigenvalue weighted by Gasteiger charge is 2.30. The summed E-state index contributed by atoms with van der Waals surface area (Å²) in [5.74, 6) is 0.477. The van der Waals surface area contributed by atoms with Gasteiger partial charge in [0.15, 0.2) is 0 Å². The molecule has 0 saturated heterocycles. The average Bonchev–Trinajstić information content (AvgIpc) is 2.69. The maximum Gasteiger partial charge on any atom is 0.201 e. The van der Waals surface area contributed by atoms with E-state index in [1.165, 1.54) is 0 Å². The molecule has 5 heteroatoms. The van der Waals surface area contributed by atoms with Crippen LogP contribution in [0.15, 0.2) is 24.3 Å². The molecule has 1 fully saturated rings. The van der Waals surface area contributed by atoms with Crippen molar-refractivity contribution in [2.24, 2.45) is 0 Å². The first-order valence-electron chi connectivity index (χ1n) is 6.25. The first-order chi connectivity index (χ1) is 8.66. The molecule has 2 aromatic rings. The second-order valence-corrected chi connectivity index (χ2v) is 4.93. The van der Waals surface area contributed by atoms with Crippen molar-refractivity contribution < 1.29 is 10.2 Å². The Labute approximate surface area is 105 Å². The number of hydrogen-bond donors (Lipinski definition) is 3. The summed E-state index contributed by atoms with van der Waals surface area (Å²) in [6, 6.07) is 7.90. The van der Waals surface area contributed by atoms with E-state index in [2.05, 4.69) is 4.98 Å². The number of aliphatic hydroxyl groups excluding tert-OH is 2. The normalized spacial score (nSPS) is 28.7. The Hall–Kier alpha value is -1.59. The molecule has 1 aromatic heterocycles. The van der Waals surface area contributed by atoms with Crippen LogP contribution in [0.1, 0.15) is 25.3 Å². The molecule has 0 spiro atoms. The number of nitrogen functional groups attached to an aromatic ring is 1. The van der Waals surface area contributed by atoms with Gasteiger partial charge in [-0.2, -0.15) is 0 Å². The fraction of sp³-hybridized carbons (Fsp3) is 0.462. The highest BCUT2D eigenvalue weighted by atomic mass is 16.3. The highest BCUT2D eigenvalue weighted by molar-refractivity contribution is 5.78. The number of fused-ring (bicyclic) bond motifs is 1. The number of para-hydroxylation sites is 2. The lowest BCUT2D eigenvalue weighted by molar-refractivity contribution is -0.0222. The van der Waals surface area contributed by atoms with E-state index in [-0.39, 0.29) is 6.04 Å². The fourth-order valence-corrected chi connectivity index (χ4v) is 2.79. The number of nitrogens with zero attached hydrogens (tertiary/aromatic N) is 2. The van der Waals surface area contributed by atoms with Gasteiger partial charge in [-0.1, -0.05) is 12.1 Å². The van der Waals surface area contributed by atoms with Crippen LogP contribution in [0.2, 0.25) is 0 Å². The molecule has 0 unspecified atom stereocenters. The van der Waals surface area contributed by atoms with E-state index in [9.17, 15) is 10.2 Å². The Kier molecular flexibility index (Phi) is 2.72. The van der Waals surface area contributed by atoms with Crippen molar-refractivity contribution in [2.45, 2.75) is 37.5 Å². The molecular weight excluding hydrogens is 230 g/mol. The average molecular weight is 247 g/mol. The van der Waals surface area contributed by atoms with Crippen LogP contribution in [0.5, 0.6) is 0 Å². The Morgan fingerprint density at radius 3 is 2.72 bits per heavy atom. The molecule has 1 aliphatic rings. The summed E-state index contributed by atoms with van der Waals surface area (Å²) in [5, 5.41) is 19.4. The predicted molar refractivity (Wildman–Crippen MR) is 69.0 cm³/mol. The third kappa shape index (κ3) is 1.76. The van der Waals surface area contributed by atoms with Gasteiger partial charge in [-0.3, -0.25) is 0 Å². The number of aliphatic hydroxyl groups is 2. The minimum Gasteiger partial charge on any atom is -0.390 e. The van der Waals surface area contributed by atoms with E-state index in [0.717, 1.165) is 17.5 Å². The Bertz CT molecular complexity index is 566. The second kappa shape index (κ2) is 4.26. The lowest BCUT2D eigenvalue weighted by Gasteiger charge is -2.31. The van der Waals surface area contributed by atoms with Gasteiger partial charge < -0.3 is 20.5 Å². The lowest BCUT2D eigenvalue weighted by atomic mass is 9.90. The molecule has 5 nitrogen and oxygen atoms in total. The Balaban J connectivity index is 2.01. The molecule has 3 rings (SSSR count). The van der Waals surface area contributed by atoms with Crippen LogP contribution in [0.3, 0.4) is 0 Å². The molecule has 96 valence electrons. The number of hydrogen-bond acceptors (Lipinski definition) is 4. The quantitative estimate of drug-likeness (QED) is 0.703. The van der Waals surface area contributed by atoms with Gasteiger partial charge >= 0.3 is 0 Å². The van der Waals surface area contributed by atoms with Crippen LogP contribution < -0.4 is 5.73 Å². The van der Waals surface area contributed by atoms with Gasteiger partial charge in [0.1, 0.15) is 0 Å². The number of nitrogens with two attached hydrogens (primary N) is 1. The van der Waals surface area contributed by atoms with E-state index in [1.54, 1.807) is 0 Å². The summed E-state index contributed by atoms with van der Waals surface area (Å²) >= 11 is 0. The van der Waals surface area contributed by atoms with Crippen LogP contribution in [-0.2, 0) is 0 Å². The van der Waals surface area contributed by atoms with Crippen molar-refractivity contribution >= 4 is 17.0 Å². The van der Waals surface area contributed by atoms with E-state index < -0.39 is 12.2 Å². The van der Waals surface area contributed by atoms with Gasteiger partial charge in [0.05, 0.1) is 23.2 Å². The maximum absolute atomic E-state index is 9.79. The molecule has 1 aromatic carbocycles. The summed E-state index contributed by atoms with van der Waals surface area (Å²) < 4.78 is 1.98. The maximum atomic E-state index is 9.79. The standard InChI is InChI=1S/C13H17N3O2/c14-13-15-9-3-1-2-4-10(9)16(13)8-5-6-11(17)12(18)7-8/h1-4,8,11-12,17-18H,5-7H2,(H2,14,15)/t8-,11+,12+/m1/s1. The smallest absolute Gasteiger partial charge is 0.201 e. The van der Waals surface area contributed by atoms with E-state index >= 15 is 0 Å². The highest BCUT2D eigenvalue weighted by Crippen LogP contribution is 2.33. The zero-order valence-electron chi connectivity index (χ0n) is 10.0. The topological polar surface area (TPSA) is 84.3 Å². The summed E-state index contributed by atoms with van der Waals surface area (Å²) in [6.45, 7) is 0. The molecule has 1 saturated carbocycles. The first-order valence-corrected chi connectivity index (χ1v) is 6.25. The predicted octanol–water partition coefficient (Wildman–Crippen LogP) is 1.07. The molecule has 0 amide bonds. The third-order valence-electron chi connectivity index (χ3n) is 3.74. The van der Waals surface area contributed by atoms with Crippen LogP contribution >= 0.6 is 0 Å². The fourth-order valence-electron chi connectivity index (χ4n) is 2.79. The van der Waals surface area contributed by atoms with E-state index in [1.807, 2.05) is 28.8 Å². The Morgan fingerprint density at radius 2 is 1.94 bits per heavy atom. The van der Waals surface area contributed by atoms with Crippen molar-refractivity contribution in [1.82, 2.24) is 9.55 Å². The molecule has 4 N–H and O–H groups in total. The van der Waals surface area contributed by atoms with Crippen LogP contribution in [0.25, 0.3) is 11.0 Å². The number of aromatic nitrogens is 2. The van der Waals surface area contributed by atoms with Gasteiger partial charge in [0, 0.05) is 6.04 Å². The summed E-state index contributed by atoms with van der Waals surface area (Å²) in [6.07, 6.45) is 0.633. The van der Waals surface area contributed by atoms with Gasteiger partial charge in [-0.15, -0.1) is 0 Å². The number of anilines is 1. The minimum absolute atomic E-state index is 0.107. The minimum atomic E-state index is -0.677. The van der Waals surface area contributed by atoms with Crippen molar-refractivity contribution in [2.75, 3.05) is 5.73 Å². The summed E-state index contributed by atoms with van der Waals surface area (Å²) in [4.78, 5) is 4.33. The van der Waals surface area contributed by atoms with Gasteiger partial charge in [0.2, 0.25) is 5.95 Å². The van der Waals surface area contributed by atoms with E-state index in [4.69, 9.17) is 5.73 Å². The molecule has 18 heavy (non-hydrogen) atoms. The zero-order chi connectivity index (χ0) is 12.7. The monoisotopic (exact) mass is 247 g/mol. The number of benzene rings is 1. The molecule has 1 aliphatic carbocycles. The molecular formula is C13H17N3O2. The third-order valence-corrected chi connectivity index (χ3v) is 3.74. The zero-order valence-corrected chi connectivity index (χ0v) is 10.0. The first kappa shape index (κ1) is 11.5. The van der Waals surface area contributed by atoms with Crippen molar-refractivity contribution in [1.29, 1.82) is 0 Å². The summed E-state index contributed by atoms with van der Waals surface area (Å²) in [5.41, 5.74) is 7.83. The summed E-state index contributed by atoms with van der Waals surface area (Å²) in [7, 11) is 0. The molecule has 0 bridgehead atoms. The molecule has 0 aliphatic heterocycles. The molecule has 0 radical (unpaired) electrons.